The Labute approximate surface area is 97.1 Å². The van der Waals surface area contributed by atoms with E-state index >= 15 is 0 Å². The summed E-state index contributed by atoms with van der Waals surface area (Å²) in [5.41, 5.74) is 0. The van der Waals surface area contributed by atoms with Crippen molar-refractivity contribution in [3.8, 4) is 0 Å². The highest BCUT2D eigenvalue weighted by molar-refractivity contribution is 5.78. The van der Waals surface area contributed by atoms with E-state index in [4.69, 9.17) is 4.74 Å². The average Bonchev–Trinajstić information content (AvgIpc) is 2.73. The van der Waals surface area contributed by atoms with Gasteiger partial charge in [0.05, 0.1) is 12.0 Å². The van der Waals surface area contributed by atoms with E-state index in [1.54, 1.807) is 0 Å². The monoisotopic (exact) mass is 226 g/mol. The molecule has 2 saturated heterocycles. The molecule has 0 spiro atoms. The summed E-state index contributed by atoms with van der Waals surface area (Å²) in [6, 6.07) is 0. The number of carbonyl (C=O) groups is 1. The molecule has 0 saturated carbocycles. The zero-order chi connectivity index (χ0) is 11.4. The highest BCUT2D eigenvalue weighted by atomic mass is 16.5. The first-order valence-corrected chi connectivity index (χ1v) is 6.37. The molecule has 92 valence electrons. The molecule has 2 N–H and O–H groups in total. The molecule has 0 aromatic heterocycles. The second kappa shape index (κ2) is 5.64. The molecule has 0 bridgehead atoms. The fraction of sp³-hybridized carbons (Fsp3) is 0.917. The summed E-state index contributed by atoms with van der Waals surface area (Å²) in [7, 11) is 0. The van der Waals surface area contributed by atoms with E-state index < -0.39 is 0 Å². The van der Waals surface area contributed by atoms with Gasteiger partial charge in [0.1, 0.15) is 0 Å². The van der Waals surface area contributed by atoms with Crippen LogP contribution < -0.4 is 10.6 Å². The Morgan fingerprint density at radius 1 is 1.50 bits per heavy atom. The SMILES string of the molecule is CC1OCCC1CNC(=O)[C@@H]1CCCNC1. The molecule has 2 rings (SSSR count). The summed E-state index contributed by atoms with van der Waals surface area (Å²) in [6.07, 6.45) is 3.51. The smallest absolute Gasteiger partial charge is 0.224 e. The van der Waals surface area contributed by atoms with Crippen LogP contribution in [0.25, 0.3) is 0 Å². The predicted molar refractivity (Wildman–Crippen MR) is 62.1 cm³/mol. The molecule has 4 nitrogen and oxygen atoms in total. The van der Waals surface area contributed by atoms with Crippen LogP contribution >= 0.6 is 0 Å². The fourth-order valence-corrected chi connectivity index (χ4v) is 2.50. The third kappa shape index (κ3) is 2.95. The topological polar surface area (TPSA) is 50.4 Å². The van der Waals surface area contributed by atoms with Gasteiger partial charge in [0.2, 0.25) is 5.91 Å². The highest BCUT2D eigenvalue weighted by Crippen LogP contribution is 2.19. The Kier molecular flexibility index (Phi) is 4.18. The Hall–Kier alpha value is -0.610. The van der Waals surface area contributed by atoms with Crippen molar-refractivity contribution in [2.45, 2.75) is 32.3 Å². The minimum atomic E-state index is 0.173. The number of rotatable bonds is 3. The Morgan fingerprint density at radius 2 is 2.38 bits per heavy atom. The van der Waals surface area contributed by atoms with Crippen molar-refractivity contribution in [1.29, 1.82) is 0 Å². The fourth-order valence-electron chi connectivity index (χ4n) is 2.50. The van der Waals surface area contributed by atoms with Crippen LogP contribution in [0, 0.1) is 11.8 Å². The summed E-state index contributed by atoms with van der Waals surface area (Å²) >= 11 is 0. The number of ether oxygens (including phenoxy) is 1. The lowest BCUT2D eigenvalue weighted by molar-refractivity contribution is -0.125. The van der Waals surface area contributed by atoms with Crippen molar-refractivity contribution in [2.75, 3.05) is 26.2 Å². The van der Waals surface area contributed by atoms with Gasteiger partial charge in [-0.15, -0.1) is 0 Å². The van der Waals surface area contributed by atoms with Gasteiger partial charge in [0.15, 0.2) is 0 Å². The standard InChI is InChI=1S/C12H22N2O2/c1-9-10(4-6-16-9)8-14-12(15)11-3-2-5-13-7-11/h9-11,13H,2-8H2,1H3,(H,14,15)/t9?,10?,11-/m1/s1. The Bertz CT molecular complexity index is 239. The average molecular weight is 226 g/mol. The molecule has 2 aliphatic rings. The molecule has 2 aliphatic heterocycles. The zero-order valence-corrected chi connectivity index (χ0v) is 10.00. The molecular weight excluding hydrogens is 204 g/mol. The van der Waals surface area contributed by atoms with Crippen LogP contribution in [0.2, 0.25) is 0 Å². The van der Waals surface area contributed by atoms with Gasteiger partial charge in [0.25, 0.3) is 0 Å². The molecule has 0 aromatic rings. The van der Waals surface area contributed by atoms with E-state index in [0.29, 0.717) is 12.0 Å². The first-order chi connectivity index (χ1) is 7.77. The van der Waals surface area contributed by atoms with E-state index in [0.717, 1.165) is 45.5 Å². The molecule has 0 radical (unpaired) electrons. The van der Waals surface area contributed by atoms with Crippen LogP contribution in [0.4, 0.5) is 0 Å². The summed E-state index contributed by atoms with van der Waals surface area (Å²) in [5, 5.41) is 6.33. The van der Waals surface area contributed by atoms with Gasteiger partial charge in [-0.05, 0) is 32.7 Å². The van der Waals surface area contributed by atoms with Crippen LogP contribution in [-0.2, 0) is 9.53 Å². The zero-order valence-electron chi connectivity index (χ0n) is 10.00. The van der Waals surface area contributed by atoms with Crippen molar-refractivity contribution in [1.82, 2.24) is 10.6 Å². The second-order valence-electron chi connectivity index (χ2n) is 4.91. The normalized spacial score (nSPS) is 34.9. The number of nitrogens with one attached hydrogen (secondary N) is 2. The third-order valence-corrected chi connectivity index (χ3v) is 3.74. The Balaban J connectivity index is 1.70. The van der Waals surface area contributed by atoms with E-state index in [-0.39, 0.29) is 11.8 Å². The summed E-state index contributed by atoms with van der Waals surface area (Å²) in [5.74, 6) is 0.887. The van der Waals surface area contributed by atoms with Gasteiger partial charge in [-0.1, -0.05) is 0 Å². The van der Waals surface area contributed by atoms with Crippen LogP contribution in [-0.4, -0.2) is 38.3 Å². The lowest BCUT2D eigenvalue weighted by Gasteiger charge is -2.23. The van der Waals surface area contributed by atoms with Crippen molar-refractivity contribution >= 4 is 5.91 Å². The minimum absolute atomic E-state index is 0.173. The maximum Gasteiger partial charge on any atom is 0.224 e. The molecule has 0 aromatic carbocycles. The van der Waals surface area contributed by atoms with Gasteiger partial charge >= 0.3 is 0 Å². The maximum atomic E-state index is 11.9. The lowest BCUT2D eigenvalue weighted by atomic mass is 9.98. The van der Waals surface area contributed by atoms with Gasteiger partial charge in [-0.2, -0.15) is 0 Å². The molecule has 1 amide bonds. The van der Waals surface area contributed by atoms with E-state index in [2.05, 4.69) is 17.6 Å². The Morgan fingerprint density at radius 3 is 3.00 bits per heavy atom. The lowest BCUT2D eigenvalue weighted by Crippen LogP contribution is -2.42. The van der Waals surface area contributed by atoms with E-state index in [1.165, 1.54) is 0 Å². The summed E-state index contributed by atoms with van der Waals surface area (Å²) in [6.45, 7) is 5.59. The molecule has 16 heavy (non-hydrogen) atoms. The molecule has 3 atom stereocenters. The maximum absolute atomic E-state index is 11.9. The van der Waals surface area contributed by atoms with Crippen molar-refractivity contribution in [3.63, 3.8) is 0 Å². The van der Waals surface area contributed by atoms with Crippen molar-refractivity contribution < 1.29 is 9.53 Å². The van der Waals surface area contributed by atoms with E-state index in [1.807, 2.05) is 0 Å². The second-order valence-corrected chi connectivity index (χ2v) is 4.91. The molecule has 2 unspecified atom stereocenters. The molecule has 4 heteroatoms. The predicted octanol–water partition coefficient (Wildman–Crippen LogP) is 0.527. The summed E-state index contributed by atoms with van der Waals surface area (Å²) < 4.78 is 5.48. The molecular formula is C12H22N2O2. The number of amides is 1. The third-order valence-electron chi connectivity index (χ3n) is 3.74. The molecule has 2 heterocycles. The van der Waals surface area contributed by atoms with Crippen LogP contribution in [0.1, 0.15) is 26.2 Å². The van der Waals surface area contributed by atoms with Gasteiger partial charge in [-0.25, -0.2) is 0 Å². The minimum Gasteiger partial charge on any atom is -0.378 e. The van der Waals surface area contributed by atoms with Crippen molar-refractivity contribution in [3.05, 3.63) is 0 Å². The molecule has 0 aliphatic carbocycles. The van der Waals surface area contributed by atoms with Gasteiger partial charge in [0, 0.05) is 25.6 Å². The quantitative estimate of drug-likeness (QED) is 0.738. The number of carbonyl (C=O) groups excluding carboxylic acids is 1. The van der Waals surface area contributed by atoms with Gasteiger partial charge in [-0.3, -0.25) is 4.79 Å². The van der Waals surface area contributed by atoms with E-state index in [9.17, 15) is 4.79 Å². The number of hydrogen-bond acceptors (Lipinski definition) is 3. The highest BCUT2D eigenvalue weighted by Gasteiger charge is 2.26. The summed E-state index contributed by atoms with van der Waals surface area (Å²) in [4.78, 5) is 11.9. The van der Waals surface area contributed by atoms with Crippen LogP contribution in [0.15, 0.2) is 0 Å². The van der Waals surface area contributed by atoms with Crippen LogP contribution in [0.5, 0.6) is 0 Å². The first kappa shape index (κ1) is 11.9. The van der Waals surface area contributed by atoms with Crippen molar-refractivity contribution in [2.24, 2.45) is 11.8 Å². The molecule has 2 fully saturated rings. The number of piperidine rings is 1. The largest absolute Gasteiger partial charge is 0.378 e. The van der Waals surface area contributed by atoms with Gasteiger partial charge < -0.3 is 15.4 Å². The first-order valence-electron chi connectivity index (χ1n) is 6.37. The van der Waals surface area contributed by atoms with Crippen LogP contribution in [0.3, 0.4) is 0 Å². The number of hydrogen-bond donors (Lipinski definition) is 2.